The van der Waals surface area contributed by atoms with E-state index in [0.29, 0.717) is 18.5 Å². The summed E-state index contributed by atoms with van der Waals surface area (Å²) in [6.45, 7) is 1.54. The number of hydrogen-bond donors (Lipinski definition) is 2. The van der Waals surface area contributed by atoms with Gasteiger partial charge in [0.25, 0.3) is 15.9 Å². The van der Waals surface area contributed by atoms with E-state index in [1.807, 2.05) is 0 Å². The number of hydrogen-bond acceptors (Lipinski definition) is 5. The molecule has 0 bridgehead atoms. The van der Waals surface area contributed by atoms with Gasteiger partial charge in [-0.3, -0.25) is 14.5 Å². The number of halogens is 3. The van der Waals surface area contributed by atoms with E-state index in [2.05, 4.69) is 20.0 Å². The Bertz CT molecular complexity index is 1360. The zero-order valence-corrected chi connectivity index (χ0v) is 18.5. The van der Waals surface area contributed by atoms with E-state index in [-0.39, 0.29) is 29.4 Å². The van der Waals surface area contributed by atoms with Gasteiger partial charge in [0, 0.05) is 25.1 Å². The van der Waals surface area contributed by atoms with Crippen molar-refractivity contribution in [2.24, 2.45) is 0 Å². The molecule has 2 N–H and O–H groups in total. The van der Waals surface area contributed by atoms with Crippen LogP contribution in [0, 0.1) is 24.4 Å². The van der Waals surface area contributed by atoms with E-state index in [1.54, 1.807) is 4.57 Å². The van der Waals surface area contributed by atoms with Crippen molar-refractivity contribution in [2.75, 3.05) is 11.8 Å². The lowest BCUT2D eigenvalue weighted by Crippen LogP contribution is -2.25. The molecule has 0 aliphatic carbocycles. The maximum Gasteiger partial charge on any atom is 0.271 e. The molecule has 1 aromatic carbocycles. The lowest BCUT2D eigenvalue weighted by atomic mass is 9.89. The largest absolute Gasteiger partial charge is 0.354 e. The average Bonchev–Trinajstić information content (AvgIpc) is 3.20. The second kappa shape index (κ2) is 8.50. The molecule has 2 aromatic heterocycles. The molecule has 3 heterocycles. The van der Waals surface area contributed by atoms with E-state index in [9.17, 15) is 22.0 Å². The van der Waals surface area contributed by atoms with Crippen LogP contribution in [0.5, 0.6) is 0 Å². The maximum atomic E-state index is 15.4. The summed E-state index contributed by atoms with van der Waals surface area (Å²) in [5, 5.41) is 2.50. The molecule has 1 unspecified atom stereocenters. The van der Waals surface area contributed by atoms with Crippen LogP contribution in [0.1, 0.15) is 39.8 Å². The first-order valence-electron chi connectivity index (χ1n) is 10.0. The summed E-state index contributed by atoms with van der Waals surface area (Å²) in [5.41, 5.74) is 0.219. The number of pyridine rings is 1. The molecule has 174 valence electrons. The van der Waals surface area contributed by atoms with Gasteiger partial charge in [0.05, 0.1) is 29.6 Å². The molecule has 4 rings (SSSR count). The minimum absolute atomic E-state index is 0.0264. The van der Waals surface area contributed by atoms with Gasteiger partial charge in [-0.2, -0.15) is 0 Å². The molecule has 1 aliphatic heterocycles. The highest BCUT2D eigenvalue weighted by molar-refractivity contribution is 7.92. The van der Waals surface area contributed by atoms with E-state index in [0.717, 1.165) is 24.4 Å². The van der Waals surface area contributed by atoms with E-state index in [1.165, 1.54) is 20.3 Å². The molecule has 8 nitrogen and oxygen atoms in total. The molecule has 0 spiro atoms. The highest BCUT2D eigenvalue weighted by Crippen LogP contribution is 2.36. The van der Waals surface area contributed by atoms with Gasteiger partial charge in [0.15, 0.2) is 5.82 Å². The summed E-state index contributed by atoms with van der Waals surface area (Å²) < 4.78 is 72.8. The van der Waals surface area contributed by atoms with Gasteiger partial charge >= 0.3 is 0 Å². The number of carbonyl (C=O) groups excluding carboxylic acids is 1. The first kappa shape index (κ1) is 22.8. The smallest absolute Gasteiger partial charge is 0.271 e. The quantitative estimate of drug-likeness (QED) is 0.586. The summed E-state index contributed by atoms with van der Waals surface area (Å²) in [6, 6.07) is 2.73. The van der Waals surface area contributed by atoms with Gasteiger partial charge in [-0.1, -0.05) is 0 Å². The minimum Gasteiger partial charge on any atom is -0.354 e. The lowest BCUT2D eigenvalue weighted by molar-refractivity contribution is 0.0957. The first-order chi connectivity index (χ1) is 15.6. The monoisotopic (exact) mass is 479 g/mol. The highest BCUT2D eigenvalue weighted by atomic mass is 32.2. The maximum absolute atomic E-state index is 15.4. The zero-order valence-electron chi connectivity index (χ0n) is 17.7. The molecule has 0 saturated carbocycles. The van der Waals surface area contributed by atoms with Crippen molar-refractivity contribution in [3.63, 3.8) is 0 Å². The Balaban J connectivity index is 1.66. The molecule has 1 amide bonds. The van der Waals surface area contributed by atoms with E-state index in [4.69, 9.17) is 0 Å². The van der Waals surface area contributed by atoms with Gasteiger partial charge in [0.2, 0.25) is 0 Å². The molecular formula is C21H20F3N5O3S. The summed E-state index contributed by atoms with van der Waals surface area (Å²) in [7, 11) is -2.90. The Morgan fingerprint density at radius 1 is 1.21 bits per heavy atom. The number of fused-ring (bicyclic) bond motifs is 1. The number of sulfonamides is 1. The van der Waals surface area contributed by atoms with Crippen molar-refractivity contribution in [2.45, 2.75) is 37.1 Å². The van der Waals surface area contributed by atoms with Crippen LogP contribution in [-0.4, -0.2) is 35.9 Å². The van der Waals surface area contributed by atoms with Crippen molar-refractivity contribution in [1.29, 1.82) is 0 Å². The molecule has 33 heavy (non-hydrogen) atoms. The second-order valence-corrected chi connectivity index (χ2v) is 9.32. The number of aromatic nitrogens is 3. The fraction of sp³-hybridized carbons (Fsp3) is 0.286. The van der Waals surface area contributed by atoms with Crippen LogP contribution in [0.2, 0.25) is 0 Å². The van der Waals surface area contributed by atoms with Crippen molar-refractivity contribution < 1.29 is 26.4 Å². The summed E-state index contributed by atoms with van der Waals surface area (Å²) in [5.74, 6) is -3.71. The van der Waals surface area contributed by atoms with Crippen molar-refractivity contribution in [3.05, 3.63) is 70.8 Å². The fourth-order valence-electron chi connectivity index (χ4n) is 3.99. The van der Waals surface area contributed by atoms with Gasteiger partial charge in [-0.25, -0.2) is 26.6 Å². The minimum atomic E-state index is -4.38. The SMILES string of the molecule is CNC(=O)c1ncn2c1CCC(c1c(F)ccc(NS(=O)(=O)c3cc(F)cnc3C)c1F)C2. The van der Waals surface area contributed by atoms with Crippen LogP contribution < -0.4 is 10.0 Å². The zero-order chi connectivity index (χ0) is 23.9. The van der Waals surface area contributed by atoms with Crippen LogP contribution in [0.4, 0.5) is 18.9 Å². The van der Waals surface area contributed by atoms with Crippen LogP contribution in [0.3, 0.4) is 0 Å². The number of amides is 1. The third kappa shape index (κ3) is 4.17. The van der Waals surface area contributed by atoms with Crippen LogP contribution in [-0.2, 0) is 23.0 Å². The molecular weight excluding hydrogens is 459 g/mol. The second-order valence-electron chi connectivity index (χ2n) is 7.67. The molecule has 3 aromatic rings. The van der Waals surface area contributed by atoms with Crippen LogP contribution in [0.25, 0.3) is 0 Å². The highest BCUT2D eigenvalue weighted by Gasteiger charge is 2.30. The van der Waals surface area contributed by atoms with E-state index >= 15 is 4.39 Å². The number of nitrogens with one attached hydrogen (secondary N) is 2. The Morgan fingerprint density at radius 2 is 1.97 bits per heavy atom. The third-order valence-electron chi connectivity index (χ3n) is 5.61. The lowest BCUT2D eigenvalue weighted by Gasteiger charge is -2.26. The molecule has 1 atom stereocenters. The number of aryl methyl sites for hydroxylation is 1. The Kier molecular flexibility index (Phi) is 5.87. The number of rotatable bonds is 5. The predicted octanol–water partition coefficient (Wildman–Crippen LogP) is 2.89. The number of nitrogens with zero attached hydrogens (tertiary/aromatic N) is 3. The summed E-state index contributed by atoms with van der Waals surface area (Å²) >= 11 is 0. The van der Waals surface area contributed by atoms with Gasteiger partial charge in [-0.15, -0.1) is 0 Å². The number of benzene rings is 1. The third-order valence-corrected chi connectivity index (χ3v) is 7.09. The van der Waals surface area contributed by atoms with Crippen molar-refractivity contribution >= 4 is 21.6 Å². The molecule has 1 aliphatic rings. The number of carbonyl (C=O) groups is 1. The molecule has 12 heteroatoms. The predicted molar refractivity (Wildman–Crippen MR) is 113 cm³/mol. The Labute approximate surface area is 187 Å². The van der Waals surface area contributed by atoms with Crippen LogP contribution in [0.15, 0.2) is 35.6 Å². The fourth-order valence-corrected chi connectivity index (χ4v) is 5.26. The van der Waals surface area contributed by atoms with Crippen molar-refractivity contribution in [3.8, 4) is 0 Å². The number of anilines is 1. The Morgan fingerprint density at radius 3 is 2.70 bits per heavy atom. The van der Waals surface area contributed by atoms with Gasteiger partial charge in [0.1, 0.15) is 22.2 Å². The normalized spacial score (nSPS) is 15.7. The van der Waals surface area contributed by atoms with Gasteiger partial charge in [-0.05, 0) is 38.0 Å². The van der Waals surface area contributed by atoms with E-state index < -0.39 is 44.0 Å². The topological polar surface area (TPSA) is 106 Å². The Hall–Kier alpha value is -3.41. The summed E-state index contributed by atoms with van der Waals surface area (Å²) in [4.78, 5) is 19.3. The van der Waals surface area contributed by atoms with Gasteiger partial charge < -0.3 is 9.88 Å². The first-order valence-corrected chi connectivity index (χ1v) is 11.5. The molecule has 0 radical (unpaired) electrons. The molecule has 0 saturated heterocycles. The molecule has 0 fully saturated rings. The summed E-state index contributed by atoms with van der Waals surface area (Å²) in [6.07, 6.45) is 2.99. The average molecular weight is 479 g/mol. The van der Waals surface area contributed by atoms with Crippen molar-refractivity contribution in [1.82, 2.24) is 19.9 Å². The van der Waals surface area contributed by atoms with Crippen LogP contribution >= 0.6 is 0 Å². The number of imidazole rings is 1. The standard InChI is InChI=1S/C21H20F3N5O3S/c1-11-17(7-13(22)8-26-11)33(31,32)28-15-5-4-14(23)18(19(15)24)12-3-6-16-20(21(30)25-2)27-10-29(16)9-12/h4-5,7-8,10,12,28H,3,6,9H2,1-2H3,(H,25,30).